The number of aromatic nitrogens is 1. The minimum Gasteiger partial charge on any atom is -0.494 e. The molecule has 0 spiro atoms. The van der Waals surface area contributed by atoms with Crippen LogP contribution in [-0.2, 0) is 0 Å². The summed E-state index contributed by atoms with van der Waals surface area (Å²) in [5, 5.41) is 0.932. The van der Waals surface area contributed by atoms with Crippen molar-refractivity contribution in [2.24, 2.45) is 0 Å². The number of carbonyl (C=O) groups excluding carboxylic acids is 1. The predicted octanol–water partition coefficient (Wildman–Crippen LogP) is 3.62. The maximum Gasteiger partial charge on any atom is 0.185 e. The Labute approximate surface area is 116 Å². The predicted molar refractivity (Wildman–Crippen MR) is 76.1 cm³/mol. The minimum absolute atomic E-state index is 0.309. The van der Waals surface area contributed by atoms with Gasteiger partial charge in [0.05, 0.1) is 7.11 Å². The molecule has 0 saturated carbocycles. The van der Waals surface area contributed by atoms with Crippen LogP contribution >= 0.6 is 0 Å². The van der Waals surface area contributed by atoms with Gasteiger partial charge in [-0.05, 0) is 37.3 Å². The second-order valence-electron chi connectivity index (χ2n) is 4.48. The molecule has 0 amide bonds. The van der Waals surface area contributed by atoms with E-state index in [4.69, 9.17) is 9.15 Å². The lowest BCUT2D eigenvalue weighted by molar-refractivity contribution is 0.110. The number of pyridine rings is 1. The van der Waals surface area contributed by atoms with E-state index >= 15 is 0 Å². The number of benzene rings is 1. The fourth-order valence-electron chi connectivity index (χ4n) is 2.23. The molecular formula is C16H13NO3. The maximum atomic E-state index is 10.7. The summed E-state index contributed by atoms with van der Waals surface area (Å²) >= 11 is 0. The molecule has 1 aromatic carbocycles. The Balaban J connectivity index is 2.28. The Bertz CT molecular complexity index is 790. The van der Waals surface area contributed by atoms with E-state index in [2.05, 4.69) is 4.98 Å². The van der Waals surface area contributed by atoms with E-state index < -0.39 is 0 Å². The average Bonchev–Trinajstić information content (AvgIpc) is 2.94. The Morgan fingerprint density at radius 1 is 1.15 bits per heavy atom. The van der Waals surface area contributed by atoms with Crippen molar-refractivity contribution in [3.8, 4) is 17.1 Å². The summed E-state index contributed by atoms with van der Waals surface area (Å²) in [5.74, 6) is 1.67. The molecule has 0 atom stereocenters. The van der Waals surface area contributed by atoms with E-state index in [0.717, 1.165) is 27.9 Å². The average molecular weight is 267 g/mol. The van der Waals surface area contributed by atoms with Gasteiger partial charge in [-0.3, -0.25) is 4.79 Å². The minimum atomic E-state index is 0.309. The number of furan rings is 1. The summed E-state index contributed by atoms with van der Waals surface area (Å²) in [4.78, 5) is 15.3. The molecular weight excluding hydrogens is 254 g/mol. The third-order valence-corrected chi connectivity index (χ3v) is 3.19. The van der Waals surface area contributed by atoms with Crippen molar-refractivity contribution < 1.29 is 13.9 Å². The molecule has 0 fully saturated rings. The number of fused-ring (bicyclic) bond motifs is 1. The van der Waals surface area contributed by atoms with Gasteiger partial charge in [0.2, 0.25) is 0 Å². The lowest BCUT2D eigenvalue weighted by atomic mass is 10.1. The Morgan fingerprint density at radius 2 is 2.00 bits per heavy atom. The number of aryl methyl sites for hydroxylation is 1. The summed E-state index contributed by atoms with van der Waals surface area (Å²) < 4.78 is 10.8. The van der Waals surface area contributed by atoms with Gasteiger partial charge >= 0.3 is 0 Å². The first-order chi connectivity index (χ1) is 9.72. The number of hydrogen-bond donors (Lipinski definition) is 0. The monoisotopic (exact) mass is 267 g/mol. The quantitative estimate of drug-likeness (QED) is 0.680. The van der Waals surface area contributed by atoms with Crippen LogP contribution in [-0.4, -0.2) is 18.4 Å². The summed E-state index contributed by atoms with van der Waals surface area (Å²) in [5.41, 5.74) is 2.59. The van der Waals surface area contributed by atoms with E-state index in [9.17, 15) is 4.79 Å². The zero-order chi connectivity index (χ0) is 14.1. The molecule has 0 aliphatic rings. The van der Waals surface area contributed by atoms with Crippen LogP contribution < -0.4 is 4.74 Å². The van der Waals surface area contributed by atoms with Crippen LogP contribution in [0.25, 0.3) is 22.2 Å². The molecule has 0 saturated heterocycles. The van der Waals surface area contributed by atoms with Crippen LogP contribution in [0.5, 0.6) is 5.75 Å². The second kappa shape index (κ2) is 4.81. The number of rotatable bonds is 3. The summed E-state index contributed by atoms with van der Waals surface area (Å²) in [6.45, 7) is 1.93. The molecule has 2 aromatic heterocycles. The molecule has 20 heavy (non-hydrogen) atoms. The van der Waals surface area contributed by atoms with Crippen molar-refractivity contribution in [3.05, 3.63) is 47.9 Å². The van der Waals surface area contributed by atoms with E-state index in [0.29, 0.717) is 17.8 Å². The van der Waals surface area contributed by atoms with Gasteiger partial charge < -0.3 is 9.15 Å². The van der Waals surface area contributed by atoms with Crippen molar-refractivity contribution in [1.29, 1.82) is 0 Å². The molecule has 4 nitrogen and oxygen atoms in total. The smallest absolute Gasteiger partial charge is 0.185 e. The zero-order valence-corrected chi connectivity index (χ0v) is 11.2. The first kappa shape index (κ1) is 12.4. The lowest BCUT2D eigenvalue weighted by Gasteiger charge is -2.09. The van der Waals surface area contributed by atoms with Crippen molar-refractivity contribution in [2.45, 2.75) is 6.92 Å². The second-order valence-corrected chi connectivity index (χ2v) is 4.48. The Morgan fingerprint density at radius 3 is 2.70 bits per heavy atom. The fraction of sp³-hybridized carbons (Fsp3) is 0.125. The number of hydrogen-bond acceptors (Lipinski definition) is 4. The third kappa shape index (κ3) is 1.95. The van der Waals surface area contributed by atoms with Crippen LogP contribution in [0.15, 0.2) is 40.8 Å². The van der Waals surface area contributed by atoms with Gasteiger partial charge in [-0.15, -0.1) is 0 Å². The summed E-state index contributed by atoms with van der Waals surface area (Å²) in [6.07, 6.45) is 0.692. The van der Waals surface area contributed by atoms with E-state index in [1.807, 2.05) is 31.2 Å². The van der Waals surface area contributed by atoms with Gasteiger partial charge in [0, 0.05) is 16.6 Å². The topological polar surface area (TPSA) is 52.3 Å². The van der Waals surface area contributed by atoms with Crippen LogP contribution in [0.2, 0.25) is 0 Å². The molecule has 0 aliphatic heterocycles. The van der Waals surface area contributed by atoms with E-state index in [1.165, 1.54) is 0 Å². The van der Waals surface area contributed by atoms with Gasteiger partial charge in [0.15, 0.2) is 12.0 Å². The summed E-state index contributed by atoms with van der Waals surface area (Å²) in [7, 11) is 1.62. The molecule has 0 N–H and O–H groups in total. The number of methoxy groups -OCH3 is 1. The largest absolute Gasteiger partial charge is 0.494 e. The molecule has 0 radical (unpaired) electrons. The van der Waals surface area contributed by atoms with Crippen molar-refractivity contribution in [2.75, 3.05) is 7.11 Å². The number of carbonyl (C=O) groups is 1. The first-order valence-electron chi connectivity index (χ1n) is 6.22. The van der Waals surface area contributed by atoms with Crippen LogP contribution in [0.3, 0.4) is 0 Å². The molecule has 0 unspecified atom stereocenters. The van der Waals surface area contributed by atoms with E-state index in [-0.39, 0.29) is 0 Å². The van der Waals surface area contributed by atoms with Crippen LogP contribution in [0, 0.1) is 6.92 Å². The normalized spacial score (nSPS) is 10.7. The molecule has 0 bridgehead atoms. The fourth-order valence-corrected chi connectivity index (χ4v) is 2.23. The molecule has 2 heterocycles. The van der Waals surface area contributed by atoms with Crippen LogP contribution in [0.1, 0.15) is 16.2 Å². The highest BCUT2D eigenvalue weighted by atomic mass is 16.5. The molecule has 100 valence electrons. The lowest BCUT2D eigenvalue weighted by Crippen LogP contribution is -1.91. The molecule has 3 aromatic rings. The number of nitrogens with zero attached hydrogens (tertiary/aromatic N) is 1. The van der Waals surface area contributed by atoms with Gasteiger partial charge in [0.25, 0.3) is 0 Å². The summed E-state index contributed by atoms with van der Waals surface area (Å²) in [6, 6.07) is 11.1. The highest BCUT2D eigenvalue weighted by Crippen LogP contribution is 2.34. The van der Waals surface area contributed by atoms with Crippen molar-refractivity contribution in [3.63, 3.8) is 0 Å². The van der Waals surface area contributed by atoms with Crippen molar-refractivity contribution in [1.82, 2.24) is 4.98 Å². The van der Waals surface area contributed by atoms with Gasteiger partial charge in [-0.1, -0.05) is 6.07 Å². The molecule has 0 aliphatic carbocycles. The van der Waals surface area contributed by atoms with Crippen LogP contribution in [0.4, 0.5) is 0 Å². The highest BCUT2D eigenvalue weighted by Gasteiger charge is 2.12. The van der Waals surface area contributed by atoms with E-state index in [1.54, 1.807) is 19.2 Å². The molecule has 3 rings (SSSR count). The standard InChI is InChI=1S/C16H13NO3/c1-10-3-5-13-12(14-7-4-11(9-18)20-14)6-8-15(19-2)16(13)17-10/h3-9H,1-2H3. The first-order valence-corrected chi connectivity index (χ1v) is 6.22. The van der Waals surface area contributed by atoms with Gasteiger partial charge in [0.1, 0.15) is 17.0 Å². The highest BCUT2D eigenvalue weighted by molar-refractivity contribution is 5.97. The SMILES string of the molecule is COc1ccc(-c2ccc(C=O)o2)c2ccc(C)nc12. The third-order valence-electron chi connectivity index (χ3n) is 3.19. The number of ether oxygens (including phenoxy) is 1. The molecule has 4 heteroatoms. The van der Waals surface area contributed by atoms with Crippen molar-refractivity contribution >= 4 is 17.2 Å². The Kier molecular flexibility index (Phi) is 2.99. The number of aldehydes is 1. The maximum absolute atomic E-state index is 10.7. The Hall–Kier alpha value is -2.62. The van der Waals surface area contributed by atoms with Gasteiger partial charge in [-0.25, -0.2) is 4.98 Å². The zero-order valence-electron chi connectivity index (χ0n) is 11.2. The van der Waals surface area contributed by atoms with Gasteiger partial charge in [-0.2, -0.15) is 0 Å².